The third-order valence-corrected chi connectivity index (χ3v) is 6.38. The molecule has 2 aliphatic rings. The van der Waals surface area contributed by atoms with Crippen molar-refractivity contribution in [1.29, 1.82) is 0 Å². The summed E-state index contributed by atoms with van der Waals surface area (Å²) in [6.07, 6.45) is 6.31. The average Bonchev–Trinajstić information content (AvgIpc) is 2.30. The molecule has 2 unspecified atom stereocenters. The van der Waals surface area contributed by atoms with Gasteiger partial charge in [0.05, 0.1) is 20.5 Å². The summed E-state index contributed by atoms with van der Waals surface area (Å²) in [5.74, 6) is 0.276. The van der Waals surface area contributed by atoms with E-state index in [0.29, 0.717) is 0 Å². The molecule has 2 heterocycles. The van der Waals surface area contributed by atoms with Crippen molar-refractivity contribution in [3.05, 3.63) is 0 Å². The lowest BCUT2D eigenvalue weighted by Crippen LogP contribution is -2.58. The second kappa shape index (κ2) is 4.72. The summed E-state index contributed by atoms with van der Waals surface area (Å²) in [4.78, 5) is 12.6. The van der Waals surface area contributed by atoms with Crippen LogP contribution >= 0.6 is 0 Å². The van der Waals surface area contributed by atoms with Gasteiger partial charge >= 0.3 is 0 Å². The van der Waals surface area contributed by atoms with Crippen LogP contribution in [0.3, 0.4) is 0 Å². The van der Waals surface area contributed by atoms with E-state index in [-0.39, 0.29) is 5.78 Å². The minimum Gasteiger partial charge on any atom is -0.372 e. The Balaban J connectivity index is 2.10. The van der Waals surface area contributed by atoms with E-state index in [2.05, 4.69) is 0 Å². The van der Waals surface area contributed by atoms with Crippen LogP contribution in [0.1, 0.15) is 38.5 Å². The first-order chi connectivity index (χ1) is 7.57. The zero-order valence-corrected chi connectivity index (χ0v) is 14.4. The molecule has 2 atom stereocenters. The zero-order chi connectivity index (χ0) is 11.6. The van der Waals surface area contributed by atoms with Gasteiger partial charge < -0.3 is 9.47 Å². The van der Waals surface area contributed by atoms with Gasteiger partial charge in [0.2, 0.25) is 0 Å². The van der Waals surface area contributed by atoms with Crippen LogP contribution in [0.5, 0.6) is 0 Å². The van der Waals surface area contributed by atoms with Crippen LogP contribution in [-0.2, 0) is 14.3 Å². The topological polar surface area (TPSA) is 35.5 Å². The van der Waals surface area contributed by atoms with E-state index in [1.165, 1.54) is 0 Å². The molecule has 2 fully saturated rings. The first-order valence-corrected chi connectivity index (χ1v) is 8.40. The molecule has 0 saturated carbocycles. The maximum Gasteiger partial charge on any atom is 0.187 e. The number of ketones is 1. The predicted molar refractivity (Wildman–Crippen MR) is 70.0 cm³/mol. The van der Waals surface area contributed by atoms with Crippen molar-refractivity contribution in [2.45, 2.75) is 49.0 Å². The van der Waals surface area contributed by atoms with Crippen molar-refractivity contribution in [3.8, 4) is 0 Å². The minimum atomic E-state index is -0.433. The highest BCUT2D eigenvalue weighted by atomic mass is 28.2. The molecule has 2 rings (SSSR count). The lowest BCUT2D eigenvalue weighted by atomic mass is 9.95. The zero-order valence-electron chi connectivity index (χ0n) is 10.4. The first kappa shape index (κ1) is 12.5. The number of rotatable bonds is 2. The molecule has 3 nitrogen and oxygen atoms in total. The fourth-order valence-corrected chi connectivity index (χ4v) is 5.46. The first-order valence-electron chi connectivity index (χ1n) is 6.40. The summed E-state index contributed by atoms with van der Waals surface area (Å²) in [5.41, 5.74) is 0. The summed E-state index contributed by atoms with van der Waals surface area (Å²) in [6.45, 7) is 1.51. The van der Waals surface area contributed by atoms with Crippen LogP contribution in [0, 0.1) is 0 Å². The van der Waals surface area contributed by atoms with Crippen molar-refractivity contribution in [3.63, 3.8) is 0 Å². The maximum atomic E-state index is 12.6. The van der Waals surface area contributed by atoms with Crippen molar-refractivity contribution in [2.75, 3.05) is 13.2 Å². The molecule has 2 saturated heterocycles. The molecule has 0 spiro atoms. The Morgan fingerprint density at radius 3 is 1.62 bits per heavy atom. The largest absolute Gasteiger partial charge is 0.372 e. The van der Waals surface area contributed by atoms with Crippen molar-refractivity contribution >= 4 is 26.3 Å². The highest BCUT2D eigenvalue weighted by Gasteiger charge is 2.47. The van der Waals surface area contributed by atoms with Gasteiger partial charge in [0.25, 0.3) is 0 Å². The van der Waals surface area contributed by atoms with Gasteiger partial charge in [-0.15, -0.1) is 0 Å². The average molecular weight is 258 g/mol. The monoisotopic (exact) mass is 258 g/mol. The molecule has 5 heteroatoms. The van der Waals surface area contributed by atoms with Gasteiger partial charge in [-0.05, 0) is 38.5 Å². The number of ether oxygens (including phenoxy) is 2. The van der Waals surface area contributed by atoms with E-state index in [4.69, 9.17) is 9.47 Å². The van der Waals surface area contributed by atoms with E-state index in [1.54, 1.807) is 0 Å². The molecule has 0 aromatic carbocycles. The molecule has 0 N–H and O–H groups in total. The lowest BCUT2D eigenvalue weighted by Gasteiger charge is -2.41. The quantitative estimate of drug-likeness (QED) is 0.601. The molecule has 2 aliphatic heterocycles. The number of Topliss-reactive ketones (excluding diaryl/α,β-unsaturated/α-hetero) is 1. The summed E-state index contributed by atoms with van der Waals surface area (Å²) >= 11 is 0. The lowest BCUT2D eigenvalue weighted by molar-refractivity contribution is -0.158. The normalized spacial score (nSPS) is 41.0. The highest BCUT2D eigenvalue weighted by molar-refractivity contribution is 6.38. The molecule has 92 valence electrons. The fourth-order valence-electron chi connectivity index (χ4n) is 2.79. The SMILES string of the molecule is O=C(C1([SiH3])CCCCO1)C1([SiH3])CCCCO1. The number of carbonyl (C=O) groups excluding carboxylic acids is 1. The van der Waals surface area contributed by atoms with Gasteiger partial charge in [0, 0.05) is 13.2 Å². The molecule has 0 aliphatic carbocycles. The van der Waals surface area contributed by atoms with Crippen LogP contribution in [0.15, 0.2) is 0 Å². The molecule has 0 aromatic heterocycles. The van der Waals surface area contributed by atoms with Crippen molar-refractivity contribution < 1.29 is 14.3 Å². The Hall–Kier alpha value is 0.0238. The Labute approximate surface area is 103 Å². The molecule has 16 heavy (non-hydrogen) atoms. The van der Waals surface area contributed by atoms with Crippen LogP contribution < -0.4 is 0 Å². The van der Waals surface area contributed by atoms with Crippen LogP contribution in [0.25, 0.3) is 0 Å². The number of carbonyl (C=O) groups is 1. The molecular weight excluding hydrogens is 236 g/mol. The van der Waals surface area contributed by atoms with Crippen molar-refractivity contribution in [1.82, 2.24) is 0 Å². The van der Waals surface area contributed by atoms with Gasteiger partial charge in [0.15, 0.2) is 5.78 Å². The molecule has 0 amide bonds. The third-order valence-electron chi connectivity index (χ3n) is 3.90. The Morgan fingerprint density at radius 1 is 0.875 bits per heavy atom. The smallest absolute Gasteiger partial charge is 0.187 e. The summed E-state index contributed by atoms with van der Waals surface area (Å²) in [6, 6.07) is 0. The molecular formula is C11H22O3Si2. The third kappa shape index (κ3) is 2.32. The summed E-state index contributed by atoms with van der Waals surface area (Å²) in [7, 11) is 1.60. The van der Waals surface area contributed by atoms with E-state index in [0.717, 1.165) is 72.2 Å². The highest BCUT2D eigenvalue weighted by Crippen LogP contribution is 2.32. The van der Waals surface area contributed by atoms with E-state index >= 15 is 0 Å². The maximum absolute atomic E-state index is 12.6. The molecule has 0 bridgehead atoms. The van der Waals surface area contributed by atoms with E-state index in [9.17, 15) is 4.79 Å². The standard InChI is InChI=1S/C11H22O3Si2/c12-9(10(15)5-1-3-7-13-10)11(16)6-2-4-8-14-11/h1-8H2,15-16H3. The van der Waals surface area contributed by atoms with Gasteiger partial charge in [-0.1, -0.05) is 0 Å². The second-order valence-electron chi connectivity index (χ2n) is 5.40. The van der Waals surface area contributed by atoms with Gasteiger partial charge in [-0.3, -0.25) is 4.79 Å². The molecule has 0 aromatic rings. The van der Waals surface area contributed by atoms with Crippen LogP contribution in [-0.4, -0.2) is 49.9 Å². The fraction of sp³-hybridized carbons (Fsp3) is 0.909. The minimum absolute atomic E-state index is 0.276. The van der Waals surface area contributed by atoms with Gasteiger partial charge in [0.1, 0.15) is 10.4 Å². The van der Waals surface area contributed by atoms with E-state index in [1.807, 2.05) is 0 Å². The summed E-state index contributed by atoms with van der Waals surface area (Å²) < 4.78 is 11.6. The van der Waals surface area contributed by atoms with Gasteiger partial charge in [-0.2, -0.15) is 0 Å². The number of hydrogen-bond donors (Lipinski definition) is 0. The predicted octanol–water partition coefficient (Wildman–Crippen LogP) is -0.920. The Kier molecular flexibility index (Phi) is 3.68. The number of hydrogen-bond acceptors (Lipinski definition) is 3. The second-order valence-corrected chi connectivity index (χ2v) is 8.63. The Bertz CT molecular complexity index is 242. The van der Waals surface area contributed by atoms with Crippen LogP contribution in [0.2, 0.25) is 0 Å². The molecule has 0 radical (unpaired) electrons. The van der Waals surface area contributed by atoms with E-state index < -0.39 is 10.4 Å². The van der Waals surface area contributed by atoms with Crippen LogP contribution in [0.4, 0.5) is 0 Å². The van der Waals surface area contributed by atoms with Crippen molar-refractivity contribution in [2.24, 2.45) is 0 Å². The summed E-state index contributed by atoms with van der Waals surface area (Å²) in [5, 5.41) is -0.866. The van der Waals surface area contributed by atoms with Gasteiger partial charge in [-0.25, -0.2) is 0 Å². The Morgan fingerprint density at radius 2 is 1.31 bits per heavy atom.